The molecule has 164 valence electrons. The zero-order valence-corrected chi connectivity index (χ0v) is 18.2. The standard InChI is InChI=1S/C19H25N3O6S2/c23-18(20-11-14-2-1-7-28-14)12-22-16-10-15(3-4-17(16)29-13-19(22)24)30(25,26)21-5-8-27-9-6-21/h3-4,10,14H,1-2,5-9,11-13H2,(H,20,23)/t14-/m1/s1. The molecule has 1 N–H and O–H groups in total. The highest BCUT2D eigenvalue weighted by molar-refractivity contribution is 8.00. The number of morpholine rings is 1. The predicted octanol–water partition coefficient (Wildman–Crippen LogP) is 0.441. The monoisotopic (exact) mass is 455 g/mol. The molecule has 0 aliphatic carbocycles. The second kappa shape index (κ2) is 9.23. The van der Waals surface area contributed by atoms with Crippen LogP contribution in [0.1, 0.15) is 12.8 Å². The van der Waals surface area contributed by atoms with Gasteiger partial charge in [0.15, 0.2) is 0 Å². The molecule has 3 aliphatic heterocycles. The number of hydrogen-bond donors (Lipinski definition) is 1. The summed E-state index contributed by atoms with van der Waals surface area (Å²) in [6.45, 7) is 2.26. The highest BCUT2D eigenvalue weighted by Gasteiger charge is 2.31. The largest absolute Gasteiger partial charge is 0.379 e. The number of nitrogens with one attached hydrogen (secondary N) is 1. The lowest BCUT2D eigenvalue weighted by Crippen LogP contribution is -2.45. The number of carbonyl (C=O) groups excluding carboxylic acids is 2. The van der Waals surface area contributed by atoms with E-state index < -0.39 is 10.0 Å². The van der Waals surface area contributed by atoms with Crippen LogP contribution >= 0.6 is 11.8 Å². The van der Waals surface area contributed by atoms with Crippen LogP contribution in [0.4, 0.5) is 5.69 Å². The van der Waals surface area contributed by atoms with Gasteiger partial charge in [-0.05, 0) is 31.0 Å². The molecule has 2 saturated heterocycles. The number of amides is 2. The lowest BCUT2D eigenvalue weighted by atomic mass is 10.2. The van der Waals surface area contributed by atoms with Crippen LogP contribution in [0.25, 0.3) is 0 Å². The van der Waals surface area contributed by atoms with E-state index in [0.29, 0.717) is 45.1 Å². The molecule has 1 aromatic rings. The van der Waals surface area contributed by atoms with Crippen LogP contribution in [0.3, 0.4) is 0 Å². The maximum Gasteiger partial charge on any atom is 0.243 e. The number of sulfonamides is 1. The Morgan fingerprint density at radius 3 is 2.77 bits per heavy atom. The van der Waals surface area contributed by atoms with Crippen LogP contribution in [0.5, 0.6) is 0 Å². The van der Waals surface area contributed by atoms with Gasteiger partial charge in [-0.2, -0.15) is 4.31 Å². The summed E-state index contributed by atoms with van der Waals surface area (Å²) >= 11 is 1.34. The van der Waals surface area contributed by atoms with E-state index in [1.165, 1.54) is 27.0 Å². The van der Waals surface area contributed by atoms with Crippen molar-refractivity contribution < 1.29 is 27.5 Å². The average Bonchev–Trinajstić information content (AvgIpc) is 3.28. The lowest BCUT2D eigenvalue weighted by Gasteiger charge is -2.30. The number of nitrogens with zero attached hydrogens (tertiary/aromatic N) is 2. The van der Waals surface area contributed by atoms with Crippen LogP contribution in [0, 0.1) is 0 Å². The molecule has 0 aromatic heterocycles. The number of rotatable bonds is 6. The van der Waals surface area contributed by atoms with Gasteiger partial charge in [-0.1, -0.05) is 0 Å². The molecular formula is C19H25N3O6S2. The second-order valence-corrected chi connectivity index (χ2v) is 10.3. The Kier molecular flexibility index (Phi) is 6.63. The van der Waals surface area contributed by atoms with Crippen LogP contribution < -0.4 is 10.2 Å². The van der Waals surface area contributed by atoms with E-state index in [9.17, 15) is 18.0 Å². The number of anilines is 1. The molecule has 30 heavy (non-hydrogen) atoms. The molecule has 3 aliphatic rings. The predicted molar refractivity (Wildman–Crippen MR) is 111 cm³/mol. The summed E-state index contributed by atoms with van der Waals surface area (Å²) in [4.78, 5) is 27.2. The molecule has 0 bridgehead atoms. The van der Waals surface area contributed by atoms with Crippen molar-refractivity contribution in [3.05, 3.63) is 18.2 Å². The van der Waals surface area contributed by atoms with Crippen LogP contribution in [0.2, 0.25) is 0 Å². The van der Waals surface area contributed by atoms with E-state index >= 15 is 0 Å². The molecule has 4 rings (SSSR count). The van der Waals surface area contributed by atoms with Crippen molar-refractivity contribution in [1.29, 1.82) is 0 Å². The number of carbonyl (C=O) groups is 2. The molecule has 3 heterocycles. The summed E-state index contributed by atoms with van der Waals surface area (Å²) in [6, 6.07) is 4.76. The van der Waals surface area contributed by atoms with Gasteiger partial charge in [0, 0.05) is 31.1 Å². The normalized spacial score (nSPS) is 22.7. The number of ether oxygens (including phenoxy) is 2. The van der Waals surface area contributed by atoms with Gasteiger partial charge < -0.3 is 19.7 Å². The van der Waals surface area contributed by atoms with Gasteiger partial charge >= 0.3 is 0 Å². The summed E-state index contributed by atoms with van der Waals surface area (Å²) in [5.74, 6) is -0.305. The van der Waals surface area contributed by atoms with Crippen molar-refractivity contribution in [3.8, 4) is 0 Å². The van der Waals surface area contributed by atoms with Crippen molar-refractivity contribution in [2.24, 2.45) is 0 Å². The zero-order valence-electron chi connectivity index (χ0n) is 16.5. The maximum atomic E-state index is 13.0. The average molecular weight is 456 g/mol. The third-order valence-electron chi connectivity index (χ3n) is 5.33. The Hall–Kier alpha value is -1.66. The van der Waals surface area contributed by atoms with Crippen molar-refractivity contribution >= 4 is 39.3 Å². The second-order valence-electron chi connectivity index (χ2n) is 7.35. The minimum absolute atomic E-state index is 0.0131. The van der Waals surface area contributed by atoms with E-state index in [1.807, 2.05) is 0 Å². The molecule has 0 saturated carbocycles. The minimum atomic E-state index is -3.70. The van der Waals surface area contributed by atoms with Gasteiger partial charge in [0.25, 0.3) is 0 Å². The highest BCUT2D eigenvalue weighted by Crippen LogP contribution is 2.37. The zero-order chi connectivity index (χ0) is 21.1. The summed E-state index contributed by atoms with van der Waals surface area (Å²) < 4.78 is 38.1. The molecular weight excluding hydrogens is 430 g/mol. The van der Waals surface area contributed by atoms with Crippen LogP contribution in [-0.4, -0.2) is 82.4 Å². The first-order valence-electron chi connectivity index (χ1n) is 9.98. The van der Waals surface area contributed by atoms with Gasteiger partial charge in [-0.25, -0.2) is 8.42 Å². The number of thioether (sulfide) groups is 1. The fourth-order valence-electron chi connectivity index (χ4n) is 3.68. The van der Waals surface area contributed by atoms with Gasteiger partial charge in [-0.15, -0.1) is 11.8 Å². The Morgan fingerprint density at radius 1 is 1.23 bits per heavy atom. The quantitative estimate of drug-likeness (QED) is 0.664. The van der Waals surface area contributed by atoms with Crippen molar-refractivity contribution in [2.75, 3.05) is 56.7 Å². The van der Waals surface area contributed by atoms with Gasteiger partial charge in [0.1, 0.15) is 6.54 Å². The van der Waals surface area contributed by atoms with E-state index in [4.69, 9.17) is 9.47 Å². The van der Waals surface area contributed by atoms with Crippen molar-refractivity contribution in [1.82, 2.24) is 9.62 Å². The first kappa shape index (κ1) is 21.6. The third kappa shape index (κ3) is 4.65. The van der Waals surface area contributed by atoms with Gasteiger partial charge in [0.2, 0.25) is 21.8 Å². The SMILES string of the molecule is O=C(CN1C(=O)CSc2ccc(S(=O)(=O)N3CCOCC3)cc21)NC[C@H]1CCCO1. The summed E-state index contributed by atoms with van der Waals surface area (Å²) in [5.41, 5.74) is 0.456. The Balaban J connectivity index is 1.52. The number of fused-ring (bicyclic) bond motifs is 1. The highest BCUT2D eigenvalue weighted by atomic mass is 32.2. The van der Waals surface area contributed by atoms with E-state index in [-0.39, 0.29) is 35.1 Å². The first-order chi connectivity index (χ1) is 14.4. The fourth-order valence-corrected chi connectivity index (χ4v) is 6.03. The molecule has 0 radical (unpaired) electrons. The first-order valence-corrected chi connectivity index (χ1v) is 12.4. The van der Waals surface area contributed by atoms with Gasteiger partial charge in [0.05, 0.1) is 35.7 Å². The number of hydrogen-bond acceptors (Lipinski definition) is 7. The molecule has 2 amide bonds. The molecule has 0 spiro atoms. The molecule has 11 heteroatoms. The Morgan fingerprint density at radius 2 is 2.03 bits per heavy atom. The van der Waals surface area contributed by atoms with Crippen LogP contribution in [-0.2, 0) is 29.1 Å². The molecule has 2 fully saturated rings. The molecule has 0 unspecified atom stereocenters. The topological polar surface area (TPSA) is 105 Å². The third-order valence-corrected chi connectivity index (χ3v) is 8.28. The minimum Gasteiger partial charge on any atom is -0.379 e. The molecule has 9 nitrogen and oxygen atoms in total. The smallest absolute Gasteiger partial charge is 0.243 e. The molecule has 1 aromatic carbocycles. The molecule has 1 atom stereocenters. The summed E-state index contributed by atoms with van der Waals surface area (Å²) in [5, 5.41) is 2.81. The fraction of sp³-hybridized carbons (Fsp3) is 0.579. The lowest BCUT2D eigenvalue weighted by molar-refractivity contribution is -0.123. The van der Waals surface area contributed by atoms with Crippen molar-refractivity contribution in [3.63, 3.8) is 0 Å². The van der Waals surface area contributed by atoms with E-state index in [0.717, 1.165) is 17.7 Å². The van der Waals surface area contributed by atoms with E-state index in [2.05, 4.69) is 5.32 Å². The van der Waals surface area contributed by atoms with Crippen LogP contribution in [0.15, 0.2) is 28.0 Å². The Bertz CT molecular complexity index is 911. The Labute approximate surface area is 180 Å². The van der Waals surface area contributed by atoms with Crippen molar-refractivity contribution in [2.45, 2.75) is 28.7 Å². The number of benzene rings is 1. The maximum absolute atomic E-state index is 13.0. The van der Waals surface area contributed by atoms with Gasteiger partial charge in [-0.3, -0.25) is 9.59 Å². The summed E-state index contributed by atoms with van der Waals surface area (Å²) in [7, 11) is -3.70. The summed E-state index contributed by atoms with van der Waals surface area (Å²) in [6.07, 6.45) is 1.90. The van der Waals surface area contributed by atoms with E-state index in [1.54, 1.807) is 12.1 Å².